The van der Waals surface area contributed by atoms with Gasteiger partial charge in [-0.1, -0.05) is 16.8 Å². The molecule has 0 spiro atoms. The van der Waals surface area contributed by atoms with Crippen molar-refractivity contribution in [2.45, 2.75) is 62.4 Å². The fourth-order valence-corrected chi connectivity index (χ4v) is 10.0. The summed E-state index contributed by atoms with van der Waals surface area (Å²) in [6.45, 7) is 6.99. The first kappa shape index (κ1) is 40.7. The number of piperidine rings is 1. The Kier molecular flexibility index (Phi) is 10.8. The first-order valence-electron chi connectivity index (χ1n) is 16.8. The number of aromatic nitrogens is 3. The van der Waals surface area contributed by atoms with Crippen LogP contribution < -0.4 is 51.3 Å². The number of hydrogen-bond donors (Lipinski definition) is 5. The molecule has 7 rings (SSSR count). The molecule has 22 heteroatoms. The number of carbonyl (C=O) groups is 4. The van der Waals surface area contributed by atoms with E-state index in [2.05, 4.69) is 20.4 Å². The second-order valence-electron chi connectivity index (χ2n) is 14.6. The van der Waals surface area contributed by atoms with Crippen LogP contribution in [0.15, 0.2) is 39.0 Å². The molecule has 4 aliphatic rings. The van der Waals surface area contributed by atoms with Gasteiger partial charge in [0.25, 0.3) is 17.4 Å². The largest absolute Gasteiger partial charge is 1.00 e. The minimum Gasteiger partial charge on any atom is -0.546 e. The Morgan fingerprint density at radius 3 is 2.56 bits per heavy atom. The zero-order chi connectivity index (χ0) is 39.1. The van der Waals surface area contributed by atoms with Gasteiger partial charge in [-0.25, -0.2) is 14.8 Å². The summed E-state index contributed by atoms with van der Waals surface area (Å²) in [6, 6.07) is 0.0419. The maximum atomic E-state index is 13.6. The normalized spacial score (nSPS) is 26.0. The number of halogens is 1. The number of anilines is 1. The number of phenolic OH excluding ortho intramolecular Hbond substituents is 2. The Labute approximate surface area is 347 Å². The predicted octanol–water partition coefficient (Wildman–Crippen LogP) is -2.81. The number of aromatic hydroxyl groups is 2. The fraction of sp³-hybridized carbons (Fsp3) is 0.455. The van der Waals surface area contributed by atoms with Crippen LogP contribution in [0.3, 0.4) is 0 Å². The van der Waals surface area contributed by atoms with Crippen molar-refractivity contribution in [3.8, 4) is 11.5 Å². The molecule has 2 bridgehead atoms. The van der Waals surface area contributed by atoms with E-state index in [0.717, 1.165) is 37.3 Å². The van der Waals surface area contributed by atoms with Gasteiger partial charge in [0.2, 0.25) is 0 Å². The molecule has 3 aromatic rings. The molecule has 286 valence electrons. The van der Waals surface area contributed by atoms with Gasteiger partial charge in [-0.2, -0.15) is 0 Å². The number of thioether (sulfide) groups is 1. The first-order chi connectivity index (χ1) is 25.4. The standard InChI is InChI=1S/C33H35ClN8O10S2.Na/c1-14-15(9-42-6-4-33(12-42,5-7-42)11-40-13-36-16-8-18(43)24(44)20(34)19(16)26(40)46)23(29(48)49)41-27(47)22(28(41)54-14)38-25(45)21(17-10-53-31(35)37-17)39-52-32(2,3)30(50)51;/h8,10,13-14,22,28H,4-7,9,11-12H2,1-3H3,(H6-,35,37,38,39,43,44,45,46,48,49,50,51);/q;+1/t14-,22+,28+,33?,42?;/m0./s1. The van der Waals surface area contributed by atoms with Gasteiger partial charge >= 0.3 is 35.5 Å². The molecule has 0 aliphatic carbocycles. The Morgan fingerprint density at radius 1 is 1.25 bits per heavy atom. The molecule has 3 atom stereocenters. The average Bonchev–Trinajstić information content (AvgIpc) is 3.81. The molecule has 18 nitrogen and oxygen atoms in total. The monoisotopic (exact) mass is 825 g/mol. The number of nitrogens with one attached hydrogen (secondary N) is 1. The number of aliphatic carboxylic acids is 2. The number of nitrogen functional groups attached to an aromatic ring is 1. The number of carboxylic acid groups (broad SMARTS) is 2. The Hall–Kier alpha value is -3.92. The predicted molar refractivity (Wildman–Crippen MR) is 193 cm³/mol. The van der Waals surface area contributed by atoms with Gasteiger partial charge in [0.15, 0.2) is 27.9 Å². The van der Waals surface area contributed by atoms with Crippen molar-refractivity contribution in [2.24, 2.45) is 10.6 Å². The van der Waals surface area contributed by atoms with Crippen molar-refractivity contribution in [2.75, 3.05) is 31.9 Å². The van der Waals surface area contributed by atoms with Gasteiger partial charge in [0.1, 0.15) is 34.4 Å². The van der Waals surface area contributed by atoms with E-state index in [-0.39, 0.29) is 72.7 Å². The SMILES string of the molecule is C[C@@H]1S[C@@H]2[C@H](NC(=O)/C(=N\OC(C)(C)C(=O)[O-])c3csc(N)n3)C(=O)N2C(C(=O)O)=C1C[N+]12CCC(Cn3cnc4cc(O)c(O)c(Cl)c4c3=O)(CC1)C2.[Na+]. The van der Waals surface area contributed by atoms with Gasteiger partial charge in [-0.05, 0) is 20.8 Å². The third kappa shape index (κ3) is 7.06. The van der Waals surface area contributed by atoms with Crippen molar-refractivity contribution >= 4 is 80.2 Å². The van der Waals surface area contributed by atoms with E-state index in [4.69, 9.17) is 22.2 Å². The molecule has 4 aliphatic heterocycles. The molecule has 0 unspecified atom stereocenters. The number of fused-ring (bicyclic) bond motifs is 4. The number of oxime groups is 1. The number of phenols is 2. The Balaban J connectivity index is 0.00000514. The fourth-order valence-electron chi connectivity index (χ4n) is 7.78. The Morgan fingerprint density at radius 2 is 1.95 bits per heavy atom. The molecule has 6 heterocycles. The van der Waals surface area contributed by atoms with E-state index < -0.39 is 63.5 Å². The maximum Gasteiger partial charge on any atom is 1.00 e. The number of rotatable bonds is 11. The number of nitrogens with two attached hydrogens (primary N) is 1. The summed E-state index contributed by atoms with van der Waals surface area (Å²) in [6.07, 6.45) is 2.90. The van der Waals surface area contributed by atoms with Crippen LogP contribution in [0, 0.1) is 5.41 Å². The number of carbonyl (C=O) groups excluding carboxylic acids is 3. The van der Waals surface area contributed by atoms with Crippen LogP contribution in [0.5, 0.6) is 11.5 Å². The summed E-state index contributed by atoms with van der Waals surface area (Å²) in [5, 5.41) is 48.4. The minimum absolute atomic E-state index is 0. The number of benzene rings is 1. The third-order valence-electron chi connectivity index (χ3n) is 10.7. The molecule has 1 aromatic carbocycles. The number of thiazole rings is 1. The van der Waals surface area contributed by atoms with E-state index in [1.807, 2.05) is 6.92 Å². The third-order valence-corrected chi connectivity index (χ3v) is 13.2. The topological polar surface area (TPSA) is 263 Å². The summed E-state index contributed by atoms with van der Waals surface area (Å²) in [5.74, 6) is -5.50. The van der Waals surface area contributed by atoms with E-state index >= 15 is 0 Å². The van der Waals surface area contributed by atoms with E-state index in [0.29, 0.717) is 29.7 Å². The molecule has 3 saturated heterocycles. The molecule has 2 aromatic heterocycles. The number of amides is 2. The van der Waals surface area contributed by atoms with E-state index in [1.165, 1.54) is 52.9 Å². The molecule has 0 radical (unpaired) electrons. The van der Waals surface area contributed by atoms with Crippen LogP contribution in [0.4, 0.5) is 5.13 Å². The number of nitrogens with zero attached hydrogens (tertiary/aromatic N) is 6. The zero-order valence-corrected chi connectivity index (χ0v) is 34.5. The van der Waals surface area contributed by atoms with Crippen LogP contribution in [0.25, 0.3) is 10.9 Å². The van der Waals surface area contributed by atoms with Crippen LogP contribution in [-0.4, -0.2) is 117 Å². The van der Waals surface area contributed by atoms with Crippen LogP contribution >= 0.6 is 34.7 Å². The molecule has 3 fully saturated rings. The molecular weight excluding hydrogens is 791 g/mol. The maximum absolute atomic E-state index is 13.6. The van der Waals surface area contributed by atoms with Crippen LogP contribution in [0.1, 0.15) is 39.3 Å². The van der Waals surface area contributed by atoms with Gasteiger partial charge in [-0.15, -0.1) is 23.1 Å². The van der Waals surface area contributed by atoms with Crippen LogP contribution in [-0.2, 0) is 30.6 Å². The summed E-state index contributed by atoms with van der Waals surface area (Å²) in [7, 11) is 0. The molecule has 6 N–H and O–H groups in total. The molecular formula is C33H35ClN8NaO10S2+. The summed E-state index contributed by atoms with van der Waals surface area (Å²) < 4.78 is 2.03. The average molecular weight is 826 g/mol. The Bertz CT molecular complexity index is 2270. The van der Waals surface area contributed by atoms with E-state index in [1.54, 1.807) is 0 Å². The van der Waals surface area contributed by atoms with Crippen molar-refractivity contribution in [3.63, 3.8) is 0 Å². The molecule has 55 heavy (non-hydrogen) atoms. The van der Waals surface area contributed by atoms with Crippen LogP contribution in [0.2, 0.25) is 5.02 Å². The zero-order valence-electron chi connectivity index (χ0n) is 30.1. The summed E-state index contributed by atoms with van der Waals surface area (Å²) >= 11 is 8.56. The van der Waals surface area contributed by atoms with Gasteiger partial charge in [0, 0.05) is 47.1 Å². The molecule has 0 saturated carbocycles. The van der Waals surface area contributed by atoms with Gasteiger partial charge in [-0.3, -0.25) is 23.9 Å². The first-order valence-corrected chi connectivity index (χ1v) is 19.0. The van der Waals surface area contributed by atoms with Crippen molar-refractivity contribution in [1.82, 2.24) is 24.8 Å². The summed E-state index contributed by atoms with van der Waals surface area (Å²) in [5.41, 5.74) is 3.24. The van der Waals surface area contributed by atoms with Gasteiger partial charge in [0.05, 0.1) is 42.8 Å². The second-order valence-corrected chi connectivity index (χ2v) is 17.4. The quantitative estimate of drug-likeness (QED) is 0.0327. The minimum atomic E-state index is -1.91. The van der Waals surface area contributed by atoms with Crippen molar-refractivity contribution in [3.05, 3.63) is 50.1 Å². The smallest absolute Gasteiger partial charge is 0.546 e. The van der Waals surface area contributed by atoms with Gasteiger partial charge < -0.3 is 45.6 Å². The number of quaternary nitrogens is 1. The van der Waals surface area contributed by atoms with E-state index in [9.17, 15) is 44.4 Å². The van der Waals surface area contributed by atoms with Crippen molar-refractivity contribution < 1.29 is 78.5 Å². The number of β-lactam (4-membered cyclic amide) rings is 1. The summed E-state index contributed by atoms with van der Waals surface area (Å²) in [4.78, 5) is 79.6. The second kappa shape index (κ2) is 14.5. The molecule has 2 amide bonds. The number of carboxylic acids is 2. The number of hydrogen-bond acceptors (Lipinski definition) is 15. The van der Waals surface area contributed by atoms with Crippen molar-refractivity contribution in [1.29, 1.82) is 0 Å².